The summed E-state index contributed by atoms with van der Waals surface area (Å²) >= 11 is 4.71. The van der Waals surface area contributed by atoms with E-state index in [0.29, 0.717) is 4.57 Å². The predicted octanol–water partition coefficient (Wildman–Crippen LogP) is 1.07. The van der Waals surface area contributed by atoms with Gasteiger partial charge in [0.1, 0.15) is 18.0 Å². The Morgan fingerprint density at radius 3 is 2.27 bits per heavy atom. The standard InChI is InChI=1S/C10H14F4N3O12P3S/c11-9(10(12,13)14)6(18)4(27-7(9)17-2-1-5(15)16-8(17)33)3-26-31(22,23)29-32(24,25)28-30(19,20)21/h1-2,4,6-7,18H,3H2,(H,22,23)(H,24,25)(H2,15,16,33)(H2,19,20,21)/t4-,6+,7-,9?/m1/s1. The summed E-state index contributed by atoms with van der Waals surface area (Å²) in [5, 5.41) is 9.97. The molecule has 1 aromatic heterocycles. The second-order valence-electron chi connectivity index (χ2n) is 6.17. The first-order valence-corrected chi connectivity index (χ1v) is 12.8. The molecule has 0 saturated carbocycles. The highest BCUT2D eigenvalue weighted by Crippen LogP contribution is 2.66. The first-order chi connectivity index (χ1) is 14.7. The van der Waals surface area contributed by atoms with Crippen molar-refractivity contribution in [3.05, 3.63) is 17.0 Å². The first-order valence-electron chi connectivity index (χ1n) is 7.91. The van der Waals surface area contributed by atoms with Gasteiger partial charge in [0.15, 0.2) is 6.23 Å². The van der Waals surface area contributed by atoms with Crippen molar-refractivity contribution >= 4 is 41.5 Å². The number of aliphatic hydroxyl groups excluding tert-OH is 1. The lowest BCUT2D eigenvalue weighted by atomic mass is 9.95. The van der Waals surface area contributed by atoms with Crippen molar-refractivity contribution in [2.24, 2.45) is 0 Å². The van der Waals surface area contributed by atoms with E-state index in [-0.39, 0.29) is 5.82 Å². The van der Waals surface area contributed by atoms with E-state index in [1.807, 2.05) is 0 Å². The minimum Gasteiger partial charge on any atom is -0.386 e. The number of nitrogens with zero attached hydrogens (tertiary/aromatic N) is 2. The minimum atomic E-state index is -5.93. The number of nitrogens with two attached hydrogens (primary N) is 1. The number of anilines is 1. The van der Waals surface area contributed by atoms with Crippen molar-refractivity contribution in [1.29, 1.82) is 0 Å². The van der Waals surface area contributed by atoms with E-state index in [0.717, 1.165) is 12.3 Å². The average molecular weight is 569 g/mol. The minimum absolute atomic E-state index is 0.240. The van der Waals surface area contributed by atoms with Gasteiger partial charge in [-0.2, -0.15) is 21.8 Å². The summed E-state index contributed by atoms with van der Waals surface area (Å²) in [7, 11) is -17.4. The van der Waals surface area contributed by atoms with E-state index in [2.05, 4.69) is 18.1 Å². The zero-order valence-corrected chi connectivity index (χ0v) is 18.9. The molecule has 0 amide bonds. The summed E-state index contributed by atoms with van der Waals surface area (Å²) < 4.78 is 105. The fourth-order valence-corrected chi connectivity index (χ4v) is 5.83. The highest BCUT2D eigenvalue weighted by Gasteiger charge is 2.73. The largest absolute Gasteiger partial charge is 0.490 e. The van der Waals surface area contributed by atoms with Crippen molar-refractivity contribution in [3.8, 4) is 0 Å². The van der Waals surface area contributed by atoms with Crippen LogP contribution in [-0.4, -0.2) is 64.9 Å². The van der Waals surface area contributed by atoms with E-state index in [1.165, 1.54) is 0 Å². The first kappa shape index (κ1) is 28.4. The van der Waals surface area contributed by atoms with Gasteiger partial charge in [0, 0.05) is 6.20 Å². The smallest absolute Gasteiger partial charge is 0.386 e. The third-order valence-electron chi connectivity index (χ3n) is 3.80. The molecular weight excluding hydrogens is 555 g/mol. The normalized spacial score (nSPS) is 30.0. The van der Waals surface area contributed by atoms with Crippen LogP contribution in [0.15, 0.2) is 12.3 Å². The van der Waals surface area contributed by atoms with Gasteiger partial charge in [0.25, 0.3) is 5.67 Å². The number of aromatic nitrogens is 2. The van der Waals surface area contributed by atoms with Crippen LogP contribution < -0.4 is 5.73 Å². The van der Waals surface area contributed by atoms with E-state index in [1.54, 1.807) is 0 Å². The van der Waals surface area contributed by atoms with Crippen LogP contribution in [0.3, 0.4) is 0 Å². The second-order valence-corrected chi connectivity index (χ2v) is 11.0. The lowest BCUT2D eigenvalue weighted by Crippen LogP contribution is -2.54. The summed E-state index contributed by atoms with van der Waals surface area (Å²) in [5.41, 5.74) is 0.764. The molecule has 23 heteroatoms. The third-order valence-corrected chi connectivity index (χ3v) is 7.91. The second kappa shape index (κ2) is 9.31. The maximum Gasteiger partial charge on any atom is 0.490 e. The number of phosphoric ester groups is 1. The summed E-state index contributed by atoms with van der Waals surface area (Å²) in [4.78, 5) is 38.8. The maximum absolute atomic E-state index is 15.1. The lowest BCUT2D eigenvalue weighted by Gasteiger charge is -2.31. The zero-order valence-electron chi connectivity index (χ0n) is 15.4. The van der Waals surface area contributed by atoms with Crippen LogP contribution in [0.4, 0.5) is 23.4 Å². The Kier molecular flexibility index (Phi) is 8.01. The number of nitrogen functional groups attached to an aromatic ring is 1. The molecule has 33 heavy (non-hydrogen) atoms. The highest BCUT2D eigenvalue weighted by atomic mass is 32.1. The van der Waals surface area contributed by atoms with Gasteiger partial charge >= 0.3 is 29.6 Å². The molecule has 1 saturated heterocycles. The number of aliphatic hydroxyl groups is 1. The summed E-state index contributed by atoms with van der Waals surface area (Å²) in [6.07, 6.45) is -13.2. The van der Waals surface area contributed by atoms with Gasteiger partial charge in [-0.05, 0) is 18.3 Å². The van der Waals surface area contributed by atoms with E-state index >= 15 is 4.39 Å². The van der Waals surface area contributed by atoms with Crippen molar-refractivity contribution in [2.75, 3.05) is 12.3 Å². The van der Waals surface area contributed by atoms with Crippen molar-refractivity contribution in [2.45, 2.75) is 30.3 Å². The van der Waals surface area contributed by atoms with E-state index < -0.39 is 65.1 Å². The molecule has 1 fully saturated rings. The molecule has 6 atom stereocenters. The van der Waals surface area contributed by atoms with Crippen LogP contribution >= 0.6 is 35.7 Å². The molecule has 2 rings (SSSR count). The van der Waals surface area contributed by atoms with Crippen molar-refractivity contribution in [1.82, 2.24) is 9.55 Å². The molecule has 7 N–H and O–H groups in total. The van der Waals surface area contributed by atoms with E-state index in [9.17, 15) is 36.9 Å². The molecule has 15 nitrogen and oxygen atoms in total. The van der Waals surface area contributed by atoms with Crippen molar-refractivity contribution < 1.29 is 73.8 Å². The Bertz CT molecular complexity index is 1100. The van der Waals surface area contributed by atoms with E-state index in [4.69, 9.17) is 37.4 Å². The molecule has 0 aliphatic carbocycles. The molecule has 190 valence electrons. The number of rotatable bonds is 8. The quantitative estimate of drug-likeness (QED) is 0.146. The fourth-order valence-electron chi connectivity index (χ4n) is 2.54. The summed E-state index contributed by atoms with van der Waals surface area (Å²) in [6, 6.07) is 0.932. The van der Waals surface area contributed by atoms with Crippen LogP contribution in [0.25, 0.3) is 0 Å². The third kappa shape index (κ3) is 6.64. The molecule has 1 aromatic rings. The van der Waals surface area contributed by atoms with Gasteiger partial charge in [-0.1, -0.05) is 0 Å². The Balaban J connectivity index is 2.28. The summed E-state index contributed by atoms with van der Waals surface area (Å²) in [6.45, 7) is -1.56. The Hall–Kier alpha value is -0.850. The van der Waals surface area contributed by atoms with Gasteiger partial charge in [-0.15, -0.1) is 0 Å². The molecule has 1 aliphatic rings. The topological polar surface area (TPSA) is 233 Å². The maximum atomic E-state index is 15.1. The Morgan fingerprint density at radius 2 is 1.79 bits per heavy atom. The number of alkyl halides is 4. The highest BCUT2D eigenvalue weighted by molar-refractivity contribution is 7.71. The van der Waals surface area contributed by atoms with Gasteiger partial charge in [-0.25, -0.2) is 23.1 Å². The van der Waals surface area contributed by atoms with Crippen LogP contribution in [-0.2, 0) is 31.6 Å². The number of phosphoric acid groups is 3. The summed E-state index contributed by atoms with van der Waals surface area (Å²) in [5.74, 6) is -0.240. The number of hydrogen-bond acceptors (Lipinski definition) is 11. The van der Waals surface area contributed by atoms with Gasteiger partial charge in [0.2, 0.25) is 4.77 Å². The zero-order chi connectivity index (χ0) is 25.6. The molecule has 1 aliphatic heterocycles. The van der Waals surface area contributed by atoms with Gasteiger partial charge in [-0.3, -0.25) is 9.09 Å². The Labute approximate surface area is 185 Å². The molecule has 0 bridgehead atoms. The molecule has 0 radical (unpaired) electrons. The number of ether oxygens (including phenoxy) is 1. The van der Waals surface area contributed by atoms with Crippen LogP contribution in [0.5, 0.6) is 0 Å². The van der Waals surface area contributed by atoms with Crippen LogP contribution in [0.2, 0.25) is 0 Å². The SMILES string of the molecule is Nc1ccn([C@@H]2O[C@H](COP(=O)(O)OP(=O)(O)OP(=O)(O)O)[C@H](O)C2(F)C(F)(F)F)c(=S)n1. The Morgan fingerprint density at radius 1 is 1.21 bits per heavy atom. The molecule has 0 spiro atoms. The fraction of sp³-hybridized carbons (Fsp3) is 0.600. The van der Waals surface area contributed by atoms with Gasteiger partial charge in [0.05, 0.1) is 6.61 Å². The average Bonchev–Trinajstić information content (AvgIpc) is 2.82. The number of halogens is 4. The monoisotopic (exact) mass is 569 g/mol. The van der Waals surface area contributed by atoms with Crippen LogP contribution in [0, 0.1) is 4.77 Å². The predicted molar refractivity (Wildman–Crippen MR) is 97.1 cm³/mol. The lowest BCUT2D eigenvalue weighted by molar-refractivity contribution is -0.273. The van der Waals surface area contributed by atoms with Crippen LogP contribution in [0.1, 0.15) is 6.23 Å². The molecular formula is C10H14F4N3O12P3S. The number of hydrogen-bond donors (Lipinski definition) is 6. The molecule has 3 unspecified atom stereocenters. The molecule has 0 aromatic carbocycles. The van der Waals surface area contributed by atoms with Gasteiger partial charge < -0.3 is 35.2 Å². The molecule has 2 heterocycles. The van der Waals surface area contributed by atoms with Crippen molar-refractivity contribution in [3.63, 3.8) is 0 Å².